The molecule has 0 heterocycles. The third-order valence-electron chi connectivity index (χ3n) is 2.60. The molecule has 1 atom stereocenters. The predicted octanol–water partition coefficient (Wildman–Crippen LogP) is 3.13. The maximum Gasteiger partial charge on any atom is 0.227 e. The fourth-order valence-corrected chi connectivity index (χ4v) is 1.40. The van der Waals surface area contributed by atoms with E-state index in [2.05, 4.69) is 5.32 Å². The van der Waals surface area contributed by atoms with Crippen LogP contribution in [-0.4, -0.2) is 11.8 Å². The Morgan fingerprint density at radius 2 is 1.94 bits per heavy atom. The van der Waals surface area contributed by atoms with Crippen LogP contribution in [0.1, 0.15) is 32.4 Å². The van der Waals surface area contributed by atoms with E-state index in [1.807, 2.05) is 51.1 Å². The van der Waals surface area contributed by atoms with Gasteiger partial charge in [-0.05, 0) is 26.3 Å². The topological polar surface area (TPSA) is 29.1 Å². The van der Waals surface area contributed by atoms with Crippen LogP contribution in [0.2, 0.25) is 0 Å². The highest BCUT2D eigenvalue weighted by Crippen LogP contribution is 2.20. The van der Waals surface area contributed by atoms with Crippen molar-refractivity contribution in [3.05, 3.63) is 35.9 Å². The summed E-state index contributed by atoms with van der Waals surface area (Å²) >= 11 is 5.76. The minimum Gasteiger partial charge on any atom is -0.349 e. The molecule has 88 valence electrons. The van der Waals surface area contributed by atoms with Gasteiger partial charge in [0.25, 0.3) is 0 Å². The number of nitrogens with one attached hydrogen (secondary N) is 1. The Kier molecular flexibility index (Phi) is 4.36. The maximum atomic E-state index is 11.9. The first kappa shape index (κ1) is 13.0. The van der Waals surface area contributed by atoms with E-state index in [0.717, 1.165) is 5.56 Å². The minimum absolute atomic E-state index is 0.0104. The van der Waals surface area contributed by atoms with E-state index in [0.29, 0.717) is 5.88 Å². The molecule has 1 aromatic rings. The van der Waals surface area contributed by atoms with Crippen molar-refractivity contribution in [1.82, 2.24) is 5.32 Å². The summed E-state index contributed by atoms with van der Waals surface area (Å²) in [7, 11) is 0. The van der Waals surface area contributed by atoms with E-state index in [-0.39, 0.29) is 11.9 Å². The van der Waals surface area contributed by atoms with Gasteiger partial charge in [-0.2, -0.15) is 0 Å². The molecule has 1 amide bonds. The summed E-state index contributed by atoms with van der Waals surface area (Å²) in [6, 6.07) is 9.89. The monoisotopic (exact) mass is 239 g/mol. The number of rotatable bonds is 4. The molecule has 0 aromatic heterocycles. The summed E-state index contributed by atoms with van der Waals surface area (Å²) < 4.78 is 0. The van der Waals surface area contributed by atoms with Crippen molar-refractivity contribution in [2.75, 3.05) is 5.88 Å². The second-order valence-corrected chi connectivity index (χ2v) is 4.89. The number of halogens is 1. The summed E-state index contributed by atoms with van der Waals surface area (Å²) in [6.07, 6.45) is 0. The second-order valence-electron chi connectivity index (χ2n) is 4.62. The molecule has 2 nitrogen and oxygen atoms in total. The number of hydrogen-bond acceptors (Lipinski definition) is 1. The zero-order valence-electron chi connectivity index (χ0n) is 9.96. The van der Waals surface area contributed by atoms with Crippen LogP contribution < -0.4 is 5.32 Å². The first-order valence-corrected chi connectivity index (χ1v) is 5.92. The SMILES string of the molecule is C[C@H](NC(=O)C(C)(C)CCl)c1ccccc1. The van der Waals surface area contributed by atoms with Crippen LogP contribution in [0.5, 0.6) is 0 Å². The zero-order valence-corrected chi connectivity index (χ0v) is 10.7. The van der Waals surface area contributed by atoms with Crippen molar-refractivity contribution in [2.45, 2.75) is 26.8 Å². The third kappa shape index (κ3) is 3.24. The maximum absolute atomic E-state index is 11.9. The highest BCUT2D eigenvalue weighted by atomic mass is 35.5. The highest BCUT2D eigenvalue weighted by molar-refractivity contribution is 6.19. The molecule has 3 heteroatoms. The molecule has 0 spiro atoms. The van der Waals surface area contributed by atoms with Crippen molar-refractivity contribution in [1.29, 1.82) is 0 Å². The van der Waals surface area contributed by atoms with Gasteiger partial charge < -0.3 is 5.32 Å². The number of carbonyl (C=O) groups is 1. The lowest BCUT2D eigenvalue weighted by Gasteiger charge is -2.23. The smallest absolute Gasteiger partial charge is 0.227 e. The standard InChI is InChI=1S/C13H18ClNO/c1-10(11-7-5-4-6-8-11)15-12(16)13(2,3)9-14/h4-8,10H,9H2,1-3H3,(H,15,16)/t10-/m0/s1. The molecule has 1 rings (SSSR count). The number of hydrogen-bond donors (Lipinski definition) is 1. The van der Waals surface area contributed by atoms with Crippen molar-refractivity contribution in [3.63, 3.8) is 0 Å². The van der Waals surface area contributed by atoms with Crippen LogP contribution in [-0.2, 0) is 4.79 Å². The van der Waals surface area contributed by atoms with Gasteiger partial charge in [0.2, 0.25) is 5.91 Å². The Morgan fingerprint density at radius 1 is 1.38 bits per heavy atom. The average molecular weight is 240 g/mol. The van der Waals surface area contributed by atoms with Gasteiger partial charge in [0.05, 0.1) is 11.5 Å². The molecule has 1 N–H and O–H groups in total. The summed E-state index contributed by atoms with van der Waals surface area (Å²) in [5.74, 6) is 0.305. The zero-order chi connectivity index (χ0) is 12.2. The van der Waals surface area contributed by atoms with Crippen LogP contribution in [0.3, 0.4) is 0 Å². The van der Waals surface area contributed by atoms with E-state index >= 15 is 0 Å². The van der Waals surface area contributed by atoms with Crippen LogP contribution in [0.25, 0.3) is 0 Å². The molecule has 0 aliphatic carbocycles. The number of amides is 1. The van der Waals surface area contributed by atoms with Gasteiger partial charge in [-0.25, -0.2) is 0 Å². The lowest BCUT2D eigenvalue weighted by atomic mass is 9.94. The second kappa shape index (κ2) is 5.35. The number of benzene rings is 1. The lowest BCUT2D eigenvalue weighted by Crippen LogP contribution is -2.39. The number of alkyl halides is 1. The molecule has 0 saturated heterocycles. The van der Waals surface area contributed by atoms with Crippen LogP contribution in [0, 0.1) is 5.41 Å². The van der Waals surface area contributed by atoms with Gasteiger partial charge in [-0.1, -0.05) is 30.3 Å². The van der Waals surface area contributed by atoms with Gasteiger partial charge in [0.15, 0.2) is 0 Å². The molecular formula is C13H18ClNO. The van der Waals surface area contributed by atoms with E-state index in [1.165, 1.54) is 0 Å². The summed E-state index contributed by atoms with van der Waals surface area (Å²) in [4.78, 5) is 11.9. The minimum atomic E-state index is -0.523. The fourth-order valence-electron chi connectivity index (χ4n) is 1.28. The van der Waals surface area contributed by atoms with E-state index < -0.39 is 5.41 Å². The molecule has 0 aliphatic rings. The Balaban J connectivity index is 2.66. The van der Waals surface area contributed by atoms with Crippen LogP contribution >= 0.6 is 11.6 Å². The van der Waals surface area contributed by atoms with Gasteiger partial charge in [0, 0.05) is 5.88 Å². The van der Waals surface area contributed by atoms with E-state index in [9.17, 15) is 4.79 Å². The molecule has 0 saturated carbocycles. The van der Waals surface area contributed by atoms with Gasteiger partial charge in [-0.15, -0.1) is 11.6 Å². The van der Waals surface area contributed by atoms with Gasteiger partial charge in [-0.3, -0.25) is 4.79 Å². The Hall–Kier alpha value is -1.02. The average Bonchev–Trinajstić information content (AvgIpc) is 2.30. The van der Waals surface area contributed by atoms with Crippen molar-refractivity contribution in [2.24, 2.45) is 5.41 Å². The summed E-state index contributed by atoms with van der Waals surface area (Å²) in [6.45, 7) is 5.65. The first-order valence-electron chi connectivity index (χ1n) is 5.39. The van der Waals surface area contributed by atoms with Crippen LogP contribution in [0.4, 0.5) is 0 Å². The lowest BCUT2D eigenvalue weighted by molar-refractivity contribution is -0.129. The summed E-state index contributed by atoms with van der Waals surface area (Å²) in [5.41, 5.74) is 0.575. The predicted molar refractivity (Wildman–Crippen MR) is 67.5 cm³/mol. The van der Waals surface area contributed by atoms with Crippen molar-refractivity contribution < 1.29 is 4.79 Å². The molecule has 16 heavy (non-hydrogen) atoms. The largest absolute Gasteiger partial charge is 0.349 e. The van der Waals surface area contributed by atoms with E-state index in [4.69, 9.17) is 11.6 Å². The molecule has 0 fully saturated rings. The molecule has 0 unspecified atom stereocenters. The van der Waals surface area contributed by atoms with Gasteiger partial charge in [0.1, 0.15) is 0 Å². The Morgan fingerprint density at radius 3 is 2.44 bits per heavy atom. The van der Waals surface area contributed by atoms with E-state index in [1.54, 1.807) is 0 Å². The van der Waals surface area contributed by atoms with Crippen LogP contribution in [0.15, 0.2) is 30.3 Å². The molecule has 1 aromatic carbocycles. The Bertz CT molecular complexity index is 348. The quantitative estimate of drug-likeness (QED) is 0.804. The fraction of sp³-hybridized carbons (Fsp3) is 0.462. The first-order chi connectivity index (χ1) is 7.47. The normalized spacial score (nSPS) is 13.2. The van der Waals surface area contributed by atoms with Crippen molar-refractivity contribution in [3.8, 4) is 0 Å². The molecule has 0 aliphatic heterocycles. The number of carbonyl (C=O) groups excluding carboxylic acids is 1. The highest BCUT2D eigenvalue weighted by Gasteiger charge is 2.27. The molecule has 0 radical (unpaired) electrons. The Labute approximate surface area is 102 Å². The third-order valence-corrected chi connectivity index (χ3v) is 3.26. The van der Waals surface area contributed by atoms with Crippen molar-refractivity contribution >= 4 is 17.5 Å². The van der Waals surface area contributed by atoms with Gasteiger partial charge >= 0.3 is 0 Å². The molecular weight excluding hydrogens is 222 g/mol. The summed E-state index contributed by atoms with van der Waals surface area (Å²) in [5, 5.41) is 2.96. The molecule has 0 bridgehead atoms.